The molecule has 0 atom stereocenters. The molecule has 2 aliphatic heterocycles. The van der Waals surface area contributed by atoms with Gasteiger partial charge >= 0.3 is 17.1 Å². The molecule has 0 aromatic carbocycles. The summed E-state index contributed by atoms with van der Waals surface area (Å²) in [5.74, 6) is 0.800. The molecular formula is C34H43CuN5. The van der Waals surface area contributed by atoms with Gasteiger partial charge in [-0.15, -0.1) is 11.0 Å². The Labute approximate surface area is 250 Å². The van der Waals surface area contributed by atoms with Gasteiger partial charge in [0.2, 0.25) is 0 Å². The summed E-state index contributed by atoms with van der Waals surface area (Å²) in [6.45, 7) is 17.6. The fourth-order valence-electron chi connectivity index (χ4n) is 6.19. The number of rotatable bonds is 6. The minimum atomic E-state index is 0. The van der Waals surface area contributed by atoms with Crippen LogP contribution in [0.3, 0.4) is 0 Å². The molecule has 215 valence electrons. The third-order valence-electron chi connectivity index (χ3n) is 8.27. The zero-order chi connectivity index (χ0) is 27.1. The molecule has 5 nitrogen and oxygen atoms in total. The van der Waals surface area contributed by atoms with Gasteiger partial charge in [-0.1, -0.05) is 77.9 Å². The number of aryl methyl sites for hydroxylation is 4. The van der Waals surface area contributed by atoms with Crippen LogP contribution in [-0.4, -0.2) is 15.0 Å². The van der Waals surface area contributed by atoms with Gasteiger partial charge in [0.1, 0.15) is 0 Å². The van der Waals surface area contributed by atoms with E-state index in [1.807, 2.05) is 0 Å². The SMILES string of the molecule is C.CCC1=C(C)c2cc3[n-]c(nc4nc(cc5[n-]c(cc1n2)c(CC)c5C)C(CC)=C4CC)c(CC)c3CC.[Cu+2]. The summed E-state index contributed by atoms with van der Waals surface area (Å²) in [4.78, 5) is 25.6. The molecule has 5 heterocycles. The summed E-state index contributed by atoms with van der Waals surface area (Å²) >= 11 is 0. The molecule has 0 amide bonds. The second-order valence-corrected chi connectivity index (χ2v) is 10.2. The topological polar surface area (TPSA) is 66.9 Å². The zero-order valence-corrected chi connectivity index (χ0v) is 25.5. The van der Waals surface area contributed by atoms with Crippen LogP contribution in [0.25, 0.3) is 44.5 Å². The maximum absolute atomic E-state index is 5.14. The first-order chi connectivity index (χ1) is 18.4. The van der Waals surface area contributed by atoms with E-state index >= 15 is 0 Å². The van der Waals surface area contributed by atoms with Crippen molar-refractivity contribution in [2.75, 3.05) is 0 Å². The van der Waals surface area contributed by atoms with E-state index in [0.29, 0.717) is 0 Å². The maximum Gasteiger partial charge on any atom is 2.00 e. The molecule has 0 saturated carbocycles. The standard InChI is InChI=1S/C33H39N5.CH4.Cu/c1-9-20-18(7)26-15-30-22(11-3)24(13-5)32(36-30)38-33-25(14-6)23(12-4)31(37-33)16-27-19(8)21(10-2)29(35-27)17-28(20)34-26;;/h15-17H,9-14H2,1-8H3;1H4;/q-2;;+2. The van der Waals surface area contributed by atoms with Gasteiger partial charge in [0.15, 0.2) is 0 Å². The average Bonchev–Trinajstić information content (AvgIpc) is 3.60. The Morgan fingerprint density at radius 3 is 1.70 bits per heavy atom. The molecule has 3 aromatic heterocycles. The van der Waals surface area contributed by atoms with E-state index < -0.39 is 0 Å². The second-order valence-electron chi connectivity index (χ2n) is 10.2. The maximum atomic E-state index is 5.14. The van der Waals surface area contributed by atoms with Crippen molar-refractivity contribution in [1.29, 1.82) is 0 Å². The van der Waals surface area contributed by atoms with E-state index in [9.17, 15) is 0 Å². The quantitative estimate of drug-likeness (QED) is 0.271. The number of aromatic nitrogens is 5. The van der Waals surface area contributed by atoms with Gasteiger partial charge in [0.05, 0.1) is 22.9 Å². The molecule has 6 heteroatoms. The van der Waals surface area contributed by atoms with E-state index in [4.69, 9.17) is 24.9 Å². The van der Waals surface area contributed by atoms with Gasteiger partial charge in [-0.05, 0) is 97.4 Å². The van der Waals surface area contributed by atoms with E-state index in [2.05, 4.69) is 73.6 Å². The average molecular weight is 585 g/mol. The summed E-state index contributed by atoms with van der Waals surface area (Å²) in [7, 11) is 0. The largest absolute Gasteiger partial charge is 2.00 e. The van der Waals surface area contributed by atoms with E-state index in [-0.39, 0.29) is 24.5 Å². The van der Waals surface area contributed by atoms with Crippen molar-refractivity contribution in [3.63, 3.8) is 0 Å². The van der Waals surface area contributed by atoms with Gasteiger partial charge < -0.3 is 15.0 Å². The molecule has 3 aromatic rings. The number of hydrogen-bond acceptors (Lipinski definition) is 3. The third-order valence-corrected chi connectivity index (χ3v) is 8.27. The summed E-state index contributed by atoms with van der Waals surface area (Å²) in [5.41, 5.74) is 16.7. The van der Waals surface area contributed by atoms with Crippen LogP contribution in [0.4, 0.5) is 0 Å². The third kappa shape index (κ3) is 5.12. The van der Waals surface area contributed by atoms with Crippen molar-refractivity contribution in [2.24, 2.45) is 0 Å². The molecule has 5 rings (SSSR count). The number of allylic oxidation sites excluding steroid dienone is 4. The predicted octanol–water partition coefficient (Wildman–Crippen LogP) is 8.67. The first-order valence-electron chi connectivity index (χ1n) is 14.3. The van der Waals surface area contributed by atoms with Crippen molar-refractivity contribution < 1.29 is 17.1 Å². The van der Waals surface area contributed by atoms with E-state index in [0.717, 1.165) is 83.6 Å². The fourth-order valence-corrected chi connectivity index (χ4v) is 6.19. The second kappa shape index (κ2) is 12.7. The number of fused-ring (bicyclic) bond motifs is 8. The van der Waals surface area contributed by atoms with Crippen LogP contribution < -0.4 is 9.97 Å². The van der Waals surface area contributed by atoms with Gasteiger partial charge in [-0.25, -0.2) is 4.98 Å². The van der Waals surface area contributed by atoms with Crippen LogP contribution in [-0.2, 0) is 36.3 Å². The molecule has 40 heavy (non-hydrogen) atoms. The molecule has 0 spiro atoms. The van der Waals surface area contributed by atoms with Gasteiger partial charge in [0.25, 0.3) is 0 Å². The minimum Gasteiger partial charge on any atom is -0.657 e. The monoisotopic (exact) mass is 584 g/mol. The summed E-state index contributed by atoms with van der Waals surface area (Å²) in [6, 6.07) is 6.53. The summed E-state index contributed by atoms with van der Waals surface area (Å²) in [5, 5.41) is 0. The molecule has 0 saturated heterocycles. The Kier molecular flexibility index (Phi) is 10.0. The first kappa shape index (κ1) is 31.6. The van der Waals surface area contributed by atoms with Crippen LogP contribution >= 0.6 is 0 Å². The predicted molar refractivity (Wildman–Crippen MR) is 167 cm³/mol. The molecule has 1 radical (unpaired) electrons. The van der Waals surface area contributed by atoms with Crippen molar-refractivity contribution in [2.45, 2.75) is 101 Å². The molecule has 0 fully saturated rings. The first-order valence-corrected chi connectivity index (χ1v) is 14.3. The smallest absolute Gasteiger partial charge is 0.657 e. The molecule has 2 aliphatic rings. The van der Waals surface area contributed by atoms with Crippen LogP contribution in [0.2, 0.25) is 0 Å². The Hall–Kier alpha value is -2.95. The summed E-state index contributed by atoms with van der Waals surface area (Å²) in [6.07, 6.45) is 5.43. The van der Waals surface area contributed by atoms with Crippen LogP contribution in [0, 0.1) is 6.92 Å². The molecule has 8 bridgehead atoms. The molecule has 0 unspecified atom stereocenters. The Balaban J connectivity index is 0.00000220. The van der Waals surface area contributed by atoms with Crippen molar-refractivity contribution in [3.8, 4) is 0 Å². The van der Waals surface area contributed by atoms with Gasteiger partial charge in [-0.3, -0.25) is 4.98 Å². The molecule has 0 aliphatic carbocycles. The molecular weight excluding hydrogens is 542 g/mol. The number of hydrogen-bond donors (Lipinski definition) is 0. The fraction of sp³-hybridized carbons (Fsp3) is 0.441. The minimum absolute atomic E-state index is 0. The van der Waals surface area contributed by atoms with Crippen molar-refractivity contribution >= 4 is 44.5 Å². The summed E-state index contributed by atoms with van der Waals surface area (Å²) < 4.78 is 0. The van der Waals surface area contributed by atoms with Gasteiger partial charge in [0, 0.05) is 0 Å². The van der Waals surface area contributed by atoms with E-state index in [1.165, 1.54) is 44.5 Å². The van der Waals surface area contributed by atoms with Crippen LogP contribution in [0.1, 0.15) is 120 Å². The Bertz CT molecular complexity index is 1650. The van der Waals surface area contributed by atoms with E-state index in [1.54, 1.807) is 0 Å². The number of nitrogens with zero attached hydrogens (tertiary/aromatic N) is 5. The van der Waals surface area contributed by atoms with Crippen molar-refractivity contribution in [3.05, 3.63) is 63.4 Å². The zero-order valence-electron chi connectivity index (χ0n) is 24.5. The van der Waals surface area contributed by atoms with Crippen molar-refractivity contribution in [1.82, 2.24) is 24.9 Å². The molecule has 0 N–H and O–H groups in total. The van der Waals surface area contributed by atoms with Gasteiger partial charge in [-0.2, -0.15) is 0 Å². The Morgan fingerprint density at radius 2 is 1.10 bits per heavy atom. The van der Waals surface area contributed by atoms with Crippen LogP contribution in [0.5, 0.6) is 0 Å². The normalized spacial score (nSPS) is 13.0. The van der Waals surface area contributed by atoms with Crippen LogP contribution in [0.15, 0.2) is 18.2 Å². The Morgan fingerprint density at radius 1 is 0.550 bits per heavy atom.